The van der Waals surface area contributed by atoms with Gasteiger partial charge in [-0.25, -0.2) is 4.98 Å². The molecule has 0 radical (unpaired) electrons. The van der Waals surface area contributed by atoms with Gasteiger partial charge in [0.15, 0.2) is 6.10 Å². The van der Waals surface area contributed by atoms with Crippen molar-refractivity contribution in [3.8, 4) is 12.3 Å². The van der Waals surface area contributed by atoms with Crippen LogP contribution in [0, 0.1) is 12.3 Å². The van der Waals surface area contributed by atoms with Gasteiger partial charge in [0.05, 0.1) is 5.69 Å². The Kier molecular flexibility index (Phi) is 3.81. The summed E-state index contributed by atoms with van der Waals surface area (Å²) in [7, 11) is 0. The monoisotopic (exact) mass is 241 g/mol. The number of terminal acetylenes is 1. The number of pyridine rings is 1. The van der Waals surface area contributed by atoms with E-state index in [1.807, 2.05) is 42.5 Å². The molecule has 0 fully saturated rings. The van der Waals surface area contributed by atoms with E-state index < -0.39 is 6.10 Å². The van der Waals surface area contributed by atoms with Crippen molar-refractivity contribution in [1.82, 2.24) is 4.98 Å². The van der Waals surface area contributed by atoms with Crippen LogP contribution in [-0.4, -0.2) is 10.1 Å². The summed E-state index contributed by atoms with van der Waals surface area (Å²) in [5, 5.41) is 10.3. The van der Waals surface area contributed by atoms with Gasteiger partial charge in [0.25, 0.3) is 0 Å². The van der Waals surface area contributed by atoms with Crippen LogP contribution in [0.25, 0.3) is 0 Å². The van der Waals surface area contributed by atoms with Crippen molar-refractivity contribution < 1.29 is 5.11 Å². The van der Waals surface area contributed by atoms with E-state index in [2.05, 4.69) is 10.9 Å². The van der Waals surface area contributed by atoms with Gasteiger partial charge < -0.3 is 5.11 Å². The summed E-state index contributed by atoms with van der Waals surface area (Å²) in [6.45, 7) is 0. The zero-order valence-corrected chi connectivity index (χ0v) is 9.89. The Balaban J connectivity index is 2.20. The first-order valence-electron chi connectivity index (χ1n) is 5.13. The minimum Gasteiger partial charge on any atom is -0.374 e. The first kappa shape index (κ1) is 11.7. The number of benzene rings is 1. The minimum absolute atomic E-state index is 0.508. The van der Waals surface area contributed by atoms with Crippen LogP contribution >= 0.6 is 11.8 Å². The zero-order chi connectivity index (χ0) is 12.1. The van der Waals surface area contributed by atoms with Gasteiger partial charge in [0.1, 0.15) is 5.03 Å². The fraction of sp³-hybridized carbons (Fsp3) is 0.0714. The average Bonchev–Trinajstić information content (AvgIpc) is 2.39. The Hall–Kier alpha value is -1.76. The first-order valence-corrected chi connectivity index (χ1v) is 5.95. The second-order valence-electron chi connectivity index (χ2n) is 3.39. The number of aliphatic hydroxyl groups is 1. The summed E-state index contributed by atoms with van der Waals surface area (Å²) in [4.78, 5) is 5.41. The highest BCUT2D eigenvalue weighted by Gasteiger charge is 2.06. The lowest BCUT2D eigenvalue weighted by Gasteiger charge is -2.05. The van der Waals surface area contributed by atoms with Gasteiger partial charge in [0.2, 0.25) is 0 Å². The molecule has 1 N–H and O–H groups in total. The molecule has 1 heterocycles. The minimum atomic E-state index is -0.939. The van der Waals surface area contributed by atoms with Crippen LogP contribution in [-0.2, 0) is 0 Å². The smallest absolute Gasteiger partial charge is 0.156 e. The largest absolute Gasteiger partial charge is 0.374 e. The van der Waals surface area contributed by atoms with Crippen molar-refractivity contribution in [2.75, 3.05) is 0 Å². The number of nitrogens with zero attached hydrogens (tertiary/aromatic N) is 1. The number of aliphatic hydroxyl groups excluding tert-OH is 1. The van der Waals surface area contributed by atoms with Crippen molar-refractivity contribution in [2.45, 2.75) is 16.0 Å². The molecule has 2 nitrogen and oxygen atoms in total. The van der Waals surface area contributed by atoms with Crippen LogP contribution in [0.3, 0.4) is 0 Å². The van der Waals surface area contributed by atoms with Gasteiger partial charge in [-0.1, -0.05) is 41.9 Å². The van der Waals surface area contributed by atoms with Crippen LogP contribution in [0.4, 0.5) is 0 Å². The zero-order valence-electron chi connectivity index (χ0n) is 9.08. The third kappa shape index (κ3) is 3.10. The molecule has 1 aromatic heterocycles. The summed E-state index contributed by atoms with van der Waals surface area (Å²) in [5.74, 6) is 2.26. The highest BCUT2D eigenvalue weighted by atomic mass is 32.2. The summed E-state index contributed by atoms with van der Waals surface area (Å²) in [6.07, 6.45) is 4.22. The lowest BCUT2D eigenvalue weighted by atomic mass is 10.2. The number of hydrogen-bond donors (Lipinski definition) is 1. The quantitative estimate of drug-likeness (QED) is 0.839. The molecule has 1 atom stereocenters. The van der Waals surface area contributed by atoms with E-state index in [0.717, 1.165) is 9.92 Å². The SMILES string of the molecule is C#CC(O)c1cccc(Sc2ccccc2)n1. The molecule has 3 heteroatoms. The normalized spacial score (nSPS) is 11.8. The number of rotatable bonds is 3. The maximum absolute atomic E-state index is 9.51. The predicted molar refractivity (Wildman–Crippen MR) is 68.6 cm³/mol. The Labute approximate surface area is 105 Å². The highest BCUT2D eigenvalue weighted by molar-refractivity contribution is 7.99. The van der Waals surface area contributed by atoms with Gasteiger partial charge in [0, 0.05) is 4.90 Å². The maximum Gasteiger partial charge on any atom is 0.156 e. The number of hydrogen-bond acceptors (Lipinski definition) is 3. The molecule has 2 rings (SSSR count). The summed E-state index contributed by atoms with van der Waals surface area (Å²) in [6, 6.07) is 15.4. The molecule has 0 saturated carbocycles. The molecule has 0 aliphatic rings. The first-order chi connectivity index (χ1) is 8.29. The molecule has 84 valence electrons. The van der Waals surface area contributed by atoms with Gasteiger partial charge in [-0.2, -0.15) is 0 Å². The van der Waals surface area contributed by atoms with E-state index in [1.54, 1.807) is 6.07 Å². The van der Waals surface area contributed by atoms with Crippen molar-refractivity contribution in [1.29, 1.82) is 0 Å². The summed E-state index contributed by atoms with van der Waals surface area (Å²) in [5.41, 5.74) is 0.508. The molecule has 17 heavy (non-hydrogen) atoms. The lowest BCUT2D eigenvalue weighted by Crippen LogP contribution is -1.97. The Morgan fingerprint density at radius 2 is 1.88 bits per heavy atom. The van der Waals surface area contributed by atoms with E-state index in [0.29, 0.717) is 5.69 Å². The van der Waals surface area contributed by atoms with Crippen LogP contribution in [0.15, 0.2) is 58.5 Å². The van der Waals surface area contributed by atoms with Crippen molar-refractivity contribution in [3.05, 3.63) is 54.2 Å². The Morgan fingerprint density at radius 1 is 1.12 bits per heavy atom. The van der Waals surface area contributed by atoms with E-state index >= 15 is 0 Å². The lowest BCUT2D eigenvalue weighted by molar-refractivity contribution is 0.233. The van der Waals surface area contributed by atoms with Crippen LogP contribution < -0.4 is 0 Å². The molecular weight excluding hydrogens is 230 g/mol. The molecule has 1 unspecified atom stereocenters. The average molecular weight is 241 g/mol. The standard InChI is InChI=1S/C14H11NOS/c1-2-13(16)12-9-6-10-14(15-12)17-11-7-4-3-5-8-11/h1,3-10,13,16H. The van der Waals surface area contributed by atoms with Crippen LogP contribution in [0.2, 0.25) is 0 Å². The van der Waals surface area contributed by atoms with E-state index in [1.165, 1.54) is 11.8 Å². The topological polar surface area (TPSA) is 33.1 Å². The van der Waals surface area contributed by atoms with Crippen molar-refractivity contribution in [3.63, 3.8) is 0 Å². The fourth-order valence-electron chi connectivity index (χ4n) is 1.33. The third-order valence-electron chi connectivity index (χ3n) is 2.15. The molecule has 0 saturated heterocycles. The number of aromatic nitrogens is 1. The molecule has 0 bridgehead atoms. The molecule has 2 aromatic rings. The van der Waals surface area contributed by atoms with Crippen molar-refractivity contribution >= 4 is 11.8 Å². The molecule has 1 aromatic carbocycles. The van der Waals surface area contributed by atoms with Crippen LogP contribution in [0.1, 0.15) is 11.8 Å². The molecular formula is C14H11NOS. The Bertz CT molecular complexity index is 533. The summed E-state index contributed by atoms with van der Waals surface area (Å²) < 4.78 is 0. The molecule has 0 amide bonds. The second kappa shape index (κ2) is 5.53. The van der Waals surface area contributed by atoms with Gasteiger partial charge in [-0.05, 0) is 24.3 Å². The fourth-order valence-corrected chi connectivity index (χ4v) is 2.17. The van der Waals surface area contributed by atoms with Gasteiger partial charge in [-0.3, -0.25) is 0 Å². The highest BCUT2D eigenvalue weighted by Crippen LogP contribution is 2.26. The molecule has 0 aliphatic heterocycles. The van der Waals surface area contributed by atoms with E-state index in [4.69, 9.17) is 6.42 Å². The predicted octanol–water partition coefficient (Wildman–Crippen LogP) is 2.90. The molecule has 0 spiro atoms. The maximum atomic E-state index is 9.51. The Morgan fingerprint density at radius 3 is 2.59 bits per heavy atom. The third-order valence-corrected chi connectivity index (χ3v) is 3.09. The second-order valence-corrected chi connectivity index (χ2v) is 4.48. The van der Waals surface area contributed by atoms with Crippen molar-refractivity contribution in [2.24, 2.45) is 0 Å². The van der Waals surface area contributed by atoms with Crippen LogP contribution in [0.5, 0.6) is 0 Å². The molecule has 0 aliphatic carbocycles. The van der Waals surface area contributed by atoms with Gasteiger partial charge >= 0.3 is 0 Å². The van der Waals surface area contributed by atoms with E-state index in [9.17, 15) is 5.11 Å². The van der Waals surface area contributed by atoms with Gasteiger partial charge in [-0.15, -0.1) is 6.42 Å². The van der Waals surface area contributed by atoms with E-state index in [-0.39, 0.29) is 0 Å². The summed E-state index contributed by atoms with van der Waals surface area (Å²) >= 11 is 1.54.